The molecule has 1 atom stereocenters. The lowest BCUT2D eigenvalue weighted by Crippen LogP contribution is -2.45. The van der Waals surface area contributed by atoms with Crippen molar-refractivity contribution in [2.75, 3.05) is 13.1 Å². The molecule has 1 fully saturated rings. The average Bonchev–Trinajstić information content (AvgIpc) is 2.79. The van der Waals surface area contributed by atoms with Crippen molar-refractivity contribution in [2.45, 2.75) is 45.2 Å². The second-order valence-electron chi connectivity index (χ2n) is 5.86. The molecule has 0 aromatic carbocycles. The molecule has 2 rings (SSSR count). The van der Waals surface area contributed by atoms with Gasteiger partial charge in [-0.15, -0.1) is 12.4 Å². The molecule has 1 amide bonds. The molecule has 6 heteroatoms. The van der Waals surface area contributed by atoms with E-state index in [1.54, 1.807) is 6.20 Å². The Bertz CT molecular complexity index is 419. The Morgan fingerprint density at radius 3 is 2.79 bits per heavy atom. The van der Waals surface area contributed by atoms with E-state index in [0.717, 1.165) is 25.9 Å². The SMILES string of the molecule is CC(C)(C)n1cc(C(=O)NC2CCCNC2)cn1.Cl. The summed E-state index contributed by atoms with van der Waals surface area (Å²) in [4.78, 5) is 12.1. The fraction of sp³-hybridized carbons (Fsp3) is 0.692. The highest BCUT2D eigenvalue weighted by atomic mass is 35.5. The second kappa shape index (κ2) is 6.39. The molecule has 1 saturated heterocycles. The van der Waals surface area contributed by atoms with E-state index >= 15 is 0 Å². The molecular formula is C13H23ClN4O. The van der Waals surface area contributed by atoms with Gasteiger partial charge in [0.05, 0.1) is 17.3 Å². The van der Waals surface area contributed by atoms with Gasteiger partial charge in [-0.2, -0.15) is 5.10 Å². The van der Waals surface area contributed by atoms with Crippen LogP contribution in [0.2, 0.25) is 0 Å². The lowest BCUT2D eigenvalue weighted by Gasteiger charge is -2.23. The van der Waals surface area contributed by atoms with Gasteiger partial charge in [-0.05, 0) is 40.2 Å². The number of carbonyl (C=O) groups is 1. The number of amides is 1. The molecule has 1 unspecified atom stereocenters. The molecule has 1 aromatic rings. The van der Waals surface area contributed by atoms with Crippen LogP contribution in [-0.4, -0.2) is 34.8 Å². The Morgan fingerprint density at radius 1 is 1.53 bits per heavy atom. The highest BCUT2D eigenvalue weighted by Gasteiger charge is 2.19. The van der Waals surface area contributed by atoms with Crippen LogP contribution in [0.1, 0.15) is 44.0 Å². The van der Waals surface area contributed by atoms with Crippen molar-refractivity contribution in [3.8, 4) is 0 Å². The predicted octanol–water partition coefficient (Wildman–Crippen LogP) is 1.54. The summed E-state index contributed by atoms with van der Waals surface area (Å²) < 4.78 is 1.82. The maximum Gasteiger partial charge on any atom is 0.254 e. The van der Waals surface area contributed by atoms with Crippen molar-refractivity contribution in [1.29, 1.82) is 0 Å². The lowest BCUT2D eigenvalue weighted by atomic mass is 10.1. The summed E-state index contributed by atoms with van der Waals surface area (Å²) in [5, 5.41) is 10.6. The minimum atomic E-state index is -0.0923. The van der Waals surface area contributed by atoms with Crippen LogP contribution in [0, 0.1) is 0 Å². The van der Waals surface area contributed by atoms with Crippen LogP contribution >= 0.6 is 12.4 Å². The zero-order valence-corrected chi connectivity index (χ0v) is 12.6. The molecule has 0 aliphatic carbocycles. The molecule has 0 spiro atoms. The quantitative estimate of drug-likeness (QED) is 0.867. The topological polar surface area (TPSA) is 59.0 Å². The summed E-state index contributed by atoms with van der Waals surface area (Å²) in [6.07, 6.45) is 5.61. The third kappa shape index (κ3) is 4.21. The monoisotopic (exact) mass is 286 g/mol. The van der Waals surface area contributed by atoms with E-state index in [1.165, 1.54) is 0 Å². The first kappa shape index (κ1) is 16.0. The number of carbonyl (C=O) groups excluding carboxylic acids is 1. The molecule has 0 saturated carbocycles. The van der Waals surface area contributed by atoms with E-state index in [-0.39, 0.29) is 29.9 Å². The number of nitrogens with one attached hydrogen (secondary N) is 2. The number of rotatable bonds is 2. The molecule has 108 valence electrons. The summed E-state index contributed by atoms with van der Waals surface area (Å²) in [6, 6.07) is 0.240. The Kier molecular flexibility index (Phi) is 5.38. The molecule has 5 nitrogen and oxygen atoms in total. The second-order valence-corrected chi connectivity index (χ2v) is 5.86. The van der Waals surface area contributed by atoms with Gasteiger partial charge in [0.2, 0.25) is 0 Å². The Morgan fingerprint density at radius 2 is 2.26 bits per heavy atom. The number of hydrogen-bond donors (Lipinski definition) is 2. The fourth-order valence-corrected chi connectivity index (χ4v) is 2.05. The van der Waals surface area contributed by atoms with E-state index in [1.807, 2.05) is 10.9 Å². The van der Waals surface area contributed by atoms with E-state index < -0.39 is 0 Å². The van der Waals surface area contributed by atoms with Crippen LogP contribution in [0.3, 0.4) is 0 Å². The average molecular weight is 287 g/mol. The molecule has 0 radical (unpaired) electrons. The number of aromatic nitrogens is 2. The van der Waals surface area contributed by atoms with Crippen LogP contribution in [0.4, 0.5) is 0 Å². The van der Waals surface area contributed by atoms with Crippen LogP contribution in [0.15, 0.2) is 12.4 Å². The first-order valence-corrected chi connectivity index (χ1v) is 6.53. The fourth-order valence-electron chi connectivity index (χ4n) is 2.05. The first-order valence-electron chi connectivity index (χ1n) is 6.53. The summed E-state index contributed by atoms with van der Waals surface area (Å²) in [6.45, 7) is 8.10. The minimum Gasteiger partial charge on any atom is -0.348 e. The van der Waals surface area contributed by atoms with Gasteiger partial charge in [-0.3, -0.25) is 9.48 Å². The molecule has 2 heterocycles. The minimum absolute atomic E-state index is 0. The van der Waals surface area contributed by atoms with E-state index in [9.17, 15) is 4.79 Å². The largest absolute Gasteiger partial charge is 0.348 e. The molecule has 19 heavy (non-hydrogen) atoms. The normalized spacial score (nSPS) is 19.6. The smallest absolute Gasteiger partial charge is 0.254 e. The summed E-state index contributed by atoms with van der Waals surface area (Å²) in [7, 11) is 0. The number of halogens is 1. The molecule has 1 aliphatic heterocycles. The van der Waals surface area contributed by atoms with Crippen molar-refractivity contribution < 1.29 is 4.79 Å². The molecule has 0 bridgehead atoms. The van der Waals surface area contributed by atoms with Gasteiger partial charge >= 0.3 is 0 Å². The van der Waals surface area contributed by atoms with Gasteiger partial charge in [0.25, 0.3) is 5.91 Å². The van der Waals surface area contributed by atoms with Crippen molar-refractivity contribution in [3.63, 3.8) is 0 Å². The van der Waals surface area contributed by atoms with Crippen molar-refractivity contribution >= 4 is 18.3 Å². The van der Waals surface area contributed by atoms with Crippen molar-refractivity contribution in [3.05, 3.63) is 18.0 Å². The maximum absolute atomic E-state index is 12.1. The molecular weight excluding hydrogens is 264 g/mol. The maximum atomic E-state index is 12.1. The van der Waals surface area contributed by atoms with Gasteiger partial charge in [0.1, 0.15) is 0 Å². The van der Waals surface area contributed by atoms with Gasteiger partial charge < -0.3 is 10.6 Å². The molecule has 2 N–H and O–H groups in total. The Labute approximate surface area is 120 Å². The van der Waals surface area contributed by atoms with E-state index in [4.69, 9.17) is 0 Å². The Hall–Kier alpha value is -1.07. The third-order valence-corrected chi connectivity index (χ3v) is 3.16. The van der Waals surface area contributed by atoms with Crippen LogP contribution in [0.5, 0.6) is 0 Å². The molecule has 1 aliphatic rings. The summed E-state index contributed by atoms with van der Waals surface area (Å²) in [5.41, 5.74) is 0.542. The number of nitrogens with zero attached hydrogens (tertiary/aromatic N) is 2. The number of hydrogen-bond acceptors (Lipinski definition) is 3. The zero-order valence-electron chi connectivity index (χ0n) is 11.8. The van der Waals surface area contributed by atoms with Crippen LogP contribution in [-0.2, 0) is 5.54 Å². The van der Waals surface area contributed by atoms with Crippen LogP contribution < -0.4 is 10.6 Å². The highest BCUT2D eigenvalue weighted by Crippen LogP contribution is 2.13. The van der Waals surface area contributed by atoms with Gasteiger partial charge in [0, 0.05) is 18.8 Å². The van der Waals surface area contributed by atoms with Gasteiger partial charge in [0.15, 0.2) is 0 Å². The highest BCUT2D eigenvalue weighted by molar-refractivity contribution is 5.93. The van der Waals surface area contributed by atoms with Gasteiger partial charge in [-0.25, -0.2) is 0 Å². The van der Waals surface area contributed by atoms with E-state index in [0.29, 0.717) is 5.56 Å². The van der Waals surface area contributed by atoms with Crippen molar-refractivity contribution in [2.24, 2.45) is 0 Å². The number of piperidine rings is 1. The van der Waals surface area contributed by atoms with Gasteiger partial charge in [-0.1, -0.05) is 0 Å². The lowest BCUT2D eigenvalue weighted by molar-refractivity contribution is 0.0930. The van der Waals surface area contributed by atoms with Crippen molar-refractivity contribution in [1.82, 2.24) is 20.4 Å². The summed E-state index contributed by atoms with van der Waals surface area (Å²) in [5.74, 6) is -0.0285. The third-order valence-electron chi connectivity index (χ3n) is 3.16. The molecule has 1 aromatic heterocycles. The Balaban J connectivity index is 0.00000180. The standard InChI is InChI=1S/C13H22N4O.ClH/c1-13(2,3)17-9-10(7-15-17)12(18)16-11-5-4-6-14-8-11;/h7,9,11,14H,4-6,8H2,1-3H3,(H,16,18);1H. The predicted molar refractivity (Wildman–Crippen MR) is 77.8 cm³/mol. The summed E-state index contributed by atoms with van der Waals surface area (Å²) >= 11 is 0. The van der Waals surface area contributed by atoms with Crippen LogP contribution in [0.25, 0.3) is 0 Å². The first-order chi connectivity index (χ1) is 8.47. The van der Waals surface area contributed by atoms with E-state index in [2.05, 4.69) is 36.5 Å². The zero-order chi connectivity index (χ0) is 13.2.